The van der Waals surface area contributed by atoms with Crippen LogP contribution in [-0.4, -0.2) is 39.7 Å². The lowest BCUT2D eigenvalue weighted by molar-refractivity contribution is -0.126. The predicted molar refractivity (Wildman–Crippen MR) is 187 cm³/mol. The van der Waals surface area contributed by atoms with E-state index in [1.54, 1.807) is 13.1 Å². The van der Waals surface area contributed by atoms with Crippen LogP contribution in [0.15, 0.2) is 88.1 Å². The van der Waals surface area contributed by atoms with Crippen molar-refractivity contribution in [1.29, 1.82) is 0 Å². The fraction of sp³-hybridized carbons (Fsp3) is 0.513. The van der Waals surface area contributed by atoms with Gasteiger partial charge < -0.3 is 20.2 Å². The molecule has 1 amide bonds. The summed E-state index contributed by atoms with van der Waals surface area (Å²) in [5.41, 5.74) is 8.62. The molecule has 0 aliphatic rings. The molecular formula is C39H59NO4. The molecule has 3 N–H and O–H groups in total. The fourth-order valence-electron chi connectivity index (χ4n) is 4.78. The lowest BCUT2D eigenvalue weighted by atomic mass is 10.0. The number of phenolic OH excluding ortho intramolecular Hbond substituents is 2. The first-order valence-electron chi connectivity index (χ1n) is 16.2. The molecule has 0 spiro atoms. The Morgan fingerprint density at radius 1 is 0.659 bits per heavy atom. The molecule has 0 aliphatic carbocycles. The minimum absolute atomic E-state index is 0.0867. The van der Waals surface area contributed by atoms with E-state index in [1.165, 1.54) is 51.0 Å². The Morgan fingerprint density at radius 2 is 1.07 bits per heavy atom. The van der Waals surface area contributed by atoms with Gasteiger partial charge in [-0.2, -0.15) is 0 Å². The maximum Gasteiger partial charge on any atom is 0.246 e. The molecule has 1 aromatic rings. The Labute approximate surface area is 268 Å². The molecule has 1 aromatic carbocycles. The van der Waals surface area contributed by atoms with Gasteiger partial charge in [-0.15, -0.1) is 0 Å². The number of allylic oxidation sites excluding steroid dienone is 11. The normalized spacial score (nSPS) is 14.1. The van der Waals surface area contributed by atoms with Crippen molar-refractivity contribution in [3.8, 4) is 11.5 Å². The number of carbonyl (C=O) groups is 1. The summed E-state index contributed by atoms with van der Waals surface area (Å²) in [6.45, 7) is 15.3. The number of rotatable bonds is 19. The zero-order valence-electron chi connectivity index (χ0n) is 28.7. The van der Waals surface area contributed by atoms with E-state index in [4.69, 9.17) is 0 Å². The van der Waals surface area contributed by atoms with Crippen LogP contribution in [0.3, 0.4) is 0 Å². The van der Waals surface area contributed by atoms with Crippen molar-refractivity contribution in [3.05, 3.63) is 93.7 Å². The summed E-state index contributed by atoms with van der Waals surface area (Å²) >= 11 is 0. The largest absolute Gasteiger partial charge is 0.504 e. The third-order valence-corrected chi connectivity index (χ3v) is 7.79. The summed E-state index contributed by atoms with van der Waals surface area (Å²) in [5, 5.41) is 29.5. The standard InChI is InChI=1S/C39H59NO4/c1-29(2)14-9-15-30(3)16-10-17-31(4)18-11-19-32(5)20-12-21-33(6)22-13-23-34(7)26-39(44)40(8)28-38(43)35-24-25-36(41)37(42)27-35/h14,16,18,20,22,24-27,38,41-43H,9-13,15,17,19,21,23,28H2,1-8H3/t38-/m0/s1. The van der Waals surface area contributed by atoms with Crippen LogP contribution in [-0.2, 0) is 4.79 Å². The Morgan fingerprint density at radius 3 is 1.48 bits per heavy atom. The van der Waals surface area contributed by atoms with Gasteiger partial charge in [0.15, 0.2) is 11.5 Å². The molecule has 0 saturated heterocycles. The third kappa shape index (κ3) is 17.7. The van der Waals surface area contributed by atoms with E-state index in [2.05, 4.69) is 71.9 Å². The first kappa shape index (κ1) is 38.7. The summed E-state index contributed by atoms with van der Waals surface area (Å²) in [7, 11) is 1.64. The molecule has 1 atom stereocenters. The molecule has 0 aliphatic heterocycles. The topological polar surface area (TPSA) is 81.0 Å². The molecule has 44 heavy (non-hydrogen) atoms. The molecular weight excluding hydrogens is 546 g/mol. The number of hydrogen-bond donors (Lipinski definition) is 3. The minimum Gasteiger partial charge on any atom is -0.504 e. The van der Waals surface area contributed by atoms with E-state index in [0.29, 0.717) is 5.56 Å². The van der Waals surface area contributed by atoms with Crippen molar-refractivity contribution in [2.45, 2.75) is 119 Å². The van der Waals surface area contributed by atoms with Gasteiger partial charge in [0.05, 0.1) is 12.6 Å². The third-order valence-electron chi connectivity index (χ3n) is 7.79. The summed E-state index contributed by atoms with van der Waals surface area (Å²) < 4.78 is 0. The predicted octanol–water partition coefficient (Wildman–Crippen LogP) is 10.2. The van der Waals surface area contributed by atoms with Gasteiger partial charge in [-0.3, -0.25) is 4.79 Å². The lowest BCUT2D eigenvalue weighted by Crippen LogP contribution is -2.29. The highest BCUT2D eigenvalue weighted by Gasteiger charge is 2.15. The van der Waals surface area contributed by atoms with Gasteiger partial charge in [-0.1, -0.05) is 69.9 Å². The van der Waals surface area contributed by atoms with Gasteiger partial charge in [-0.25, -0.2) is 0 Å². The average Bonchev–Trinajstić information content (AvgIpc) is 2.94. The Hall–Kier alpha value is -3.31. The number of phenols is 2. The molecule has 0 bridgehead atoms. The number of aromatic hydroxyl groups is 2. The molecule has 244 valence electrons. The number of aliphatic hydroxyl groups is 1. The zero-order chi connectivity index (χ0) is 33.1. The average molecular weight is 606 g/mol. The first-order chi connectivity index (χ1) is 20.8. The van der Waals surface area contributed by atoms with Crippen LogP contribution in [0.4, 0.5) is 0 Å². The number of carbonyl (C=O) groups excluding carboxylic acids is 1. The Balaban J connectivity index is 2.35. The van der Waals surface area contributed by atoms with Crippen molar-refractivity contribution in [3.63, 3.8) is 0 Å². The van der Waals surface area contributed by atoms with Gasteiger partial charge in [0.2, 0.25) is 5.91 Å². The van der Waals surface area contributed by atoms with Crippen LogP contribution in [0.5, 0.6) is 11.5 Å². The lowest BCUT2D eigenvalue weighted by Gasteiger charge is -2.20. The maximum atomic E-state index is 12.6. The highest BCUT2D eigenvalue weighted by Crippen LogP contribution is 2.28. The van der Waals surface area contributed by atoms with Crippen molar-refractivity contribution in [2.24, 2.45) is 0 Å². The zero-order valence-corrected chi connectivity index (χ0v) is 28.7. The van der Waals surface area contributed by atoms with Crippen LogP contribution in [0.2, 0.25) is 0 Å². The summed E-state index contributed by atoms with van der Waals surface area (Å²) in [5.74, 6) is -0.715. The quantitative estimate of drug-likeness (QED) is 0.0832. The van der Waals surface area contributed by atoms with Gasteiger partial charge in [-0.05, 0) is 130 Å². The van der Waals surface area contributed by atoms with Crippen LogP contribution < -0.4 is 0 Å². The summed E-state index contributed by atoms with van der Waals surface area (Å²) in [4.78, 5) is 14.1. The SMILES string of the molecule is CC(C)=CCCC(C)=CCCC(C)=CCCC(C)=CCCC(C)=CCCC(C)=CC(=O)N(C)C[C@H](O)c1ccc(O)c(O)c1. The van der Waals surface area contributed by atoms with Crippen molar-refractivity contribution >= 4 is 5.91 Å². The highest BCUT2D eigenvalue weighted by atomic mass is 16.3. The number of benzene rings is 1. The van der Waals surface area contributed by atoms with Gasteiger partial charge >= 0.3 is 0 Å². The molecule has 0 radical (unpaired) electrons. The minimum atomic E-state index is -0.961. The highest BCUT2D eigenvalue weighted by molar-refractivity contribution is 5.88. The van der Waals surface area contributed by atoms with E-state index in [-0.39, 0.29) is 24.0 Å². The molecule has 0 fully saturated rings. The van der Waals surface area contributed by atoms with Crippen LogP contribution in [0, 0.1) is 0 Å². The maximum absolute atomic E-state index is 12.6. The van der Waals surface area contributed by atoms with Crippen molar-refractivity contribution < 1.29 is 20.1 Å². The second-order valence-corrected chi connectivity index (χ2v) is 12.7. The van der Waals surface area contributed by atoms with Crippen LogP contribution in [0.1, 0.15) is 124 Å². The van der Waals surface area contributed by atoms with E-state index >= 15 is 0 Å². The Kier molecular flexibility index (Phi) is 18.8. The molecule has 0 saturated carbocycles. The number of nitrogens with zero attached hydrogens (tertiary/aromatic N) is 1. The number of likely N-dealkylation sites (N-methyl/N-ethyl adjacent to an activating group) is 1. The van der Waals surface area contributed by atoms with E-state index in [0.717, 1.165) is 69.8 Å². The van der Waals surface area contributed by atoms with Gasteiger partial charge in [0.1, 0.15) is 0 Å². The van der Waals surface area contributed by atoms with E-state index in [1.807, 2.05) is 6.92 Å². The monoisotopic (exact) mass is 605 g/mol. The fourth-order valence-corrected chi connectivity index (χ4v) is 4.78. The molecule has 0 heterocycles. The van der Waals surface area contributed by atoms with Crippen molar-refractivity contribution in [1.82, 2.24) is 4.90 Å². The van der Waals surface area contributed by atoms with Crippen LogP contribution >= 0.6 is 0 Å². The van der Waals surface area contributed by atoms with Gasteiger partial charge in [0, 0.05) is 13.1 Å². The van der Waals surface area contributed by atoms with Gasteiger partial charge in [0.25, 0.3) is 0 Å². The van der Waals surface area contributed by atoms with Crippen molar-refractivity contribution in [2.75, 3.05) is 13.6 Å². The molecule has 5 nitrogen and oxygen atoms in total. The first-order valence-corrected chi connectivity index (χ1v) is 16.2. The second kappa shape index (κ2) is 21.4. The number of amides is 1. The number of aliphatic hydroxyl groups excluding tert-OH is 1. The molecule has 5 heteroatoms. The Bertz CT molecular complexity index is 1220. The summed E-state index contributed by atoms with van der Waals surface area (Å²) in [6, 6.07) is 4.16. The van der Waals surface area contributed by atoms with E-state index in [9.17, 15) is 20.1 Å². The van der Waals surface area contributed by atoms with E-state index < -0.39 is 6.10 Å². The smallest absolute Gasteiger partial charge is 0.246 e. The van der Waals surface area contributed by atoms with Crippen LogP contribution in [0.25, 0.3) is 0 Å². The molecule has 0 unspecified atom stereocenters. The molecule has 1 rings (SSSR count). The second-order valence-electron chi connectivity index (χ2n) is 12.7. The molecule has 0 aromatic heterocycles. The number of hydrogen-bond acceptors (Lipinski definition) is 4. The summed E-state index contributed by atoms with van der Waals surface area (Å²) in [6.07, 6.45) is 23.0.